The van der Waals surface area contributed by atoms with Crippen molar-refractivity contribution in [2.45, 2.75) is 65.3 Å². The highest BCUT2D eigenvalue weighted by atomic mass is 16.4. The zero-order chi connectivity index (χ0) is 19.1. The Bertz CT molecular complexity index is 769. The standard InChI is InChI=1S/C19H28N4O3/c1-4-14(3)23-18-16(12-21-23)15(11-13(2)22-18)19(26)20-10-8-6-5-7-9-17(24)25/h11-12,14H,4-10H2,1-3H3,(H,20,26)(H,24,25). The Kier molecular flexibility index (Phi) is 7.12. The second-order valence-electron chi connectivity index (χ2n) is 6.71. The summed E-state index contributed by atoms with van der Waals surface area (Å²) in [6.45, 7) is 6.64. The van der Waals surface area contributed by atoms with E-state index in [1.54, 1.807) is 12.3 Å². The van der Waals surface area contributed by atoms with Gasteiger partial charge in [-0.1, -0.05) is 19.8 Å². The van der Waals surface area contributed by atoms with Crippen LogP contribution in [0.3, 0.4) is 0 Å². The SMILES string of the molecule is CCC(C)n1ncc2c(C(=O)NCCCCCCC(=O)O)cc(C)nc21. The number of fused-ring (bicyclic) bond motifs is 1. The van der Waals surface area contributed by atoms with E-state index < -0.39 is 5.97 Å². The van der Waals surface area contributed by atoms with Crippen molar-refractivity contribution in [1.29, 1.82) is 0 Å². The monoisotopic (exact) mass is 360 g/mol. The lowest BCUT2D eigenvalue weighted by Crippen LogP contribution is -2.25. The van der Waals surface area contributed by atoms with E-state index in [9.17, 15) is 9.59 Å². The third kappa shape index (κ3) is 5.03. The van der Waals surface area contributed by atoms with Gasteiger partial charge in [-0.05, 0) is 39.2 Å². The molecule has 7 heteroatoms. The minimum atomic E-state index is -0.756. The molecule has 2 aromatic rings. The summed E-state index contributed by atoms with van der Waals surface area (Å²) < 4.78 is 1.88. The Balaban J connectivity index is 1.97. The number of nitrogens with one attached hydrogen (secondary N) is 1. The first-order valence-corrected chi connectivity index (χ1v) is 9.28. The molecule has 0 aliphatic rings. The average Bonchev–Trinajstić information content (AvgIpc) is 3.02. The maximum absolute atomic E-state index is 12.6. The van der Waals surface area contributed by atoms with Crippen molar-refractivity contribution >= 4 is 22.9 Å². The highest BCUT2D eigenvalue weighted by Gasteiger charge is 2.17. The molecule has 0 bridgehead atoms. The minimum Gasteiger partial charge on any atom is -0.481 e. The molecule has 142 valence electrons. The summed E-state index contributed by atoms with van der Waals surface area (Å²) >= 11 is 0. The molecule has 0 aliphatic heterocycles. The van der Waals surface area contributed by atoms with Gasteiger partial charge in [0.05, 0.1) is 23.2 Å². The molecule has 7 nitrogen and oxygen atoms in total. The zero-order valence-corrected chi connectivity index (χ0v) is 15.8. The van der Waals surface area contributed by atoms with Crippen LogP contribution in [0.5, 0.6) is 0 Å². The van der Waals surface area contributed by atoms with E-state index in [2.05, 4.69) is 29.2 Å². The van der Waals surface area contributed by atoms with Crippen molar-refractivity contribution in [1.82, 2.24) is 20.1 Å². The van der Waals surface area contributed by atoms with Crippen LogP contribution in [-0.4, -0.2) is 38.3 Å². The highest BCUT2D eigenvalue weighted by Crippen LogP contribution is 2.22. The largest absolute Gasteiger partial charge is 0.481 e. The number of hydrogen-bond donors (Lipinski definition) is 2. The van der Waals surface area contributed by atoms with Crippen LogP contribution < -0.4 is 5.32 Å². The van der Waals surface area contributed by atoms with Crippen LogP contribution in [0.4, 0.5) is 0 Å². The maximum Gasteiger partial charge on any atom is 0.303 e. The van der Waals surface area contributed by atoms with Crippen molar-refractivity contribution in [2.75, 3.05) is 6.54 Å². The number of carbonyl (C=O) groups is 2. The number of carboxylic acid groups (broad SMARTS) is 1. The fraction of sp³-hybridized carbons (Fsp3) is 0.579. The van der Waals surface area contributed by atoms with E-state index in [1.165, 1.54) is 0 Å². The Hall–Kier alpha value is -2.44. The zero-order valence-electron chi connectivity index (χ0n) is 15.8. The molecule has 1 unspecified atom stereocenters. The van der Waals surface area contributed by atoms with Gasteiger partial charge in [-0.15, -0.1) is 0 Å². The first-order chi connectivity index (χ1) is 12.4. The van der Waals surface area contributed by atoms with Crippen LogP contribution >= 0.6 is 0 Å². The summed E-state index contributed by atoms with van der Waals surface area (Å²) in [4.78, 5) is 27.6. The van der Waals surface area contributed by atoms with Gasteiger partial charge in [0, 0.05) is 18.7 Å². The van der Waals surface area contributed by atoms with Crippen molar-refractivity contribution < 1.29 is 14.7 Å². The Morgan fingerprint density at radius 2 is 2.00 bits per heavy atom. The number of carboxylic acids is 1. The van der Waals surface area contributed by atoms with E-state index in [-0.39, 0.29) is 18.4 Å². The van der Waals surface area contributed by atoms with Crippen molar-refractivity contribution in [2.24, 2.45) is 0 Å². The summed E-state index contributed by atoms with van der Waals surface area (Å²) in [7, 11) is 0. The van der Waals surface area contributed by atoms with Crippen molar-refractivity contribution in [3.8, 4) is 0 Å². The van der Waals surface area contributed by atoms with Crippen LogP contribution in [-0.2, 0) is 4.79 Å². The molecule has 0 spiro atoms. The maximum atomic E-state index is 12.6. The fourth-order valence-corrected chi connectivity index (χ4v) is 2.88. The number of unbranched alkanes of at least 4 members (excludes halogenated alkanes) is 3. The number of pyridine rings is 1. The van der Waals surface area contributed by atoms with Gasteiger partial charge in [0.2, 0.25) is 0 Å². The van der Waals surface area contributed by atoms with E-state index >= 15 is 0 Å². The molecule has 2 rings (SSSR count). The Labute approximate surface area is 153 Å². The van der Waals surface area contributed by atoms with E-state index in [1.807, 2.05) is 11.6 Å². The molecule has 1 amide bonds. The number of aromatic nitrogens is 3. The van der Waals surface area contributed by atoms with Gasteiger partial charge < -0.3 is 10.4 Å². The second kappa shape index (κ2) is 9.31. The molecule has 26 heavy (non-hydrogen) atoms. The molecule has 2 N–H and O–H groups in total. The smallest absolute Gasteiger partial charge is 0.303 e. The minimum absolute atomic E-state index is 0.116. The van der Waals surface area contributed by atoms with Crippen molar-refractivity contribution in [3.05, 3.63) is 23.5 Å². The van der Waals surface area contributed by atoms with Gasteiger partial charge in [0.15, 0.2) is 5.65 Å². The first kappa shape index (κ1) is 19.9. The van der Waals surface area contributed by atoms with Gasteiger partial charge in [-0.3, -0.25) is 9.59 Å². The van der Waals surface area contributed by atoms with Gasteiger partial charge in [-0.25, -0.2) is 9.67 Å². The predicted octanol–water partition coefficient (Wildman–Crippen LogP) is 3.48. The average molecular weight is 360 g/mol. The predicted molar refractivity (Wildman–Crippen MR) is 100 cm³/mol. The molecule has 0 saturated heterocycles. The number of nitrogens with zero attached hydrogens (tertiary/aromatic N) is 3. The molecule has 2 aromatic heterocycles. The van der Waals surface area contributed by atoms with Crippen LogP contribution in [0.2, 0.25) is 0 Å². The third-order valence-corrected chi connectivity index (χ3v) is 4.55. The number of aliphatic carboxylic acids is 1. The lowest BCUT2D eigenvalue weighted by atomic mass is 10.1. The number of carbonyl (C=O) groups excluding carboxylic acids is 1. The Morgan fingerprint density at radius 3 is 2.69 bits per heavy atom. The lowest BCUT2D eigenvalue weighted by molar-refractivity contribution is -0.137. The van der Waals surface area contributed by atoms with Gasteiger partial charge in [-0.2, -0.15) is 5.10 Å². The molecular formula is C19H28N4O3. The van der Waals surface area contributed by atoms with E-state index in [0.717, 1.165) is 42.4 Å². The number of aryl methyl sites for hydroxylation is 1. The van der Waals surface area contributed by atoms with Gasteiger partial charge >= 0.3 is 5.97 Å². The summed E-state index contributed by atoms with van der Waals surface area (Å²) in [5.41, 5.74) is 2.15. The summed E-state index contributed by atoms with van der Waals surface area (Å²) in [6.07, 6.45) is 6.16. The molecule has 0 aliphatic carbocycles. The topological polar surface area (TPSA) is 97.1 Å². The Morgan fingerprint density at radius 1 is 1.27 bits per heavy atom. The van der Waals surface area contributed by atoms with Crippen LogP contribution in [0.25, 0.3) is 11.0 Å². The fourth-order valence-electron chi connectivity index (χ4n) is 2.88. The third-order valence-electron chi connectivity index (χ3n) is 4.55. The normalized spacial score (nSPS) is 12.3. The summed E-state index contributed by atoms with van der Waals surface area (Å²) in [6, 6.07) is 2.02. The molecule has 1 atom stereocenters. The van der Waals surface area contributed by atoms with Gasteiger partial charge in [0.1, 0.15) is 0 Å². The summed E-state index contributed by atoms with van der Waals surface area (Å²) in [5.74, 6) is -0.872. The number of amides is 1. The molecule has 0 fully saturated rings. The summed E-state index contributed by atoms with van der Waals surface area (Å²) in [5, 5.41) is 16.8. The molecular weight excluding hydrogens is 332 g/mol. The lowest BCUT2D eigenvalue weighted by Gasteiger charge is -2.11. The second-order valence-corrected chi connectivity index (χ2v) is 6.71. The number of hydrogen-bond acceptors (Lipinski definition) is 4. The quantitative estimate of drug-likeness (QED) is 0.632. The van der Waals surface area contributed by atoms with Crippen LogP contribution in [0, 0.1) is 6.92 Å². The van der Waals surface area contributed by atoms with E-state index in [0.29, 0.717) is 18.5 Å². The molecule has 0 radical (unpaired) electrons. The first-order valence-electron chi connectivity index (χ1n) is 9.28. The van der Waals surface area contributed by atoms with Crippen molar-refractivity contribution in [3.63, 3.8) is 0 Å². The van der Waals surface area contributed by atoms with Crippen LogP contribution in [0.1, 0.15) is 74.5 Å². The number of rotatable bonds is 10. The molecule has 0 saturated carbocycles. The van der Waals surface area contributed by atoms with Crippen LogP contribution in [0.15, 0.2) is 12.3 Å². The molecule has 0 aromatic carbocycles. The van der Waals surface area contributed by atoms with Gasteiger partial charge in [0.25, 0.3) is 5.91 Å². The molecule has 2 heterocycles. The highest BCUT2D eigenvalue weighted by molar-refractivity contribution is 6.05. The van der Waals surface area contributed by atoms with E-state index in [4.69, 9.17) is 5.11 Å².